The average Bonchev–Trinajstić information content (AvgIpc) is 2.95. The summed E-state index contributed by atoms with van der Waals surface area (Å²) in [7, 11) is 0. The molecule has 5 nitrogen and oxygen atoms in total. The van der Waals surface area contributed by atoms with E-state index in [0.29, 0.717) is 12.2 Å². The fourth-order valence-electron chi connectivity index (χ4n) is 2.04. The third-order valence-electron chi connectivity index (χ3n) is 3.10. The van der Waals surface area contributed by atoms with Crippen molar-refractivity contribution < 1.29 is 9.18 Å². The maximum atomic E-state index is 13.5. The largest absolute Gasteiger partial charge is 0.319 e. The zero-order valence-electron chi connectivity index (χ0n) is 11.6. The Morgan fingerprint density at radius 2 is 2.00 bits per heavy atom. The van der Waals surface area contributed by atoms with E-state index >= 15 is 0 Å². The minimum Gasteiger partial charge on any atom is -0.319 e. The fraction of sp³-hybridized carbons (Fsp3) is 0.0625. The van der Waals surface area contributed by atoms with Crippen molar-refractivity contribution in [2.75, 3.05) is 5.32 Å². The lowest BCUT2D eigenvalue weighted by atomic mass is 10.2. The van der Waals surface area contributed by atoms with Crippen molar-refractivity contribution in [3.8, 4) is 0 Å². The topological polar surface area (TPSA) is 59.8 Å². The van der Waals surface area contributed by atoms with Crippen molar-refractivity contribution in [3.63, 3.8) is 0 Å². The van der Waals surface area contributed by atoms with Gasteiger partial charge in [0.1, 0.15) is 0 Å². The van der Waals surface area contributed by atoms with Crippen LogP contribution in [-0.2, 0) is 6.54 Å². The SMILES string of the molecule is O=C(Nc1cnn(Cc2ccccc2)c1)c1ccncc1F. The zero-order valence-corrected chi connectivity index (χ0v) is 11.6. The molecule has 0 radical (unpaired) electrons. The van der Waals surface area contributed by atoms with Crippen molar-refractivity contribution in [1.82, 2.24) is 14.8 Å². The first-order valence-corrected chi connectivity index (χ1v) is 6.69. The summed E-state index contributed by atoms with van der Waals surface area (Å²) in [6.07, 6.45) is 5.61. The van der Waals surface area contributed by atoms with Crippen LogP contribution in [0.15, 0.2) is 61.2 Å². The van der Waals surface area contributed by atoms with Gasteiger partial charge in [-0.3, -0.25) is 14.5 Å². The smallest absolute Gasteiger partial charge is 0.258 e. The number of nitrogens with zero attached hydrogens (tertiary/aromatic N) is 3. The number of benzene rings is 1. The Morgan fingerprint density at radius 3 is 2.77 bits per heavy atom. The predicted molar refractivity (Wildman–Crippen MR) is 79.9 cm³/mol. The van der Waals surface area contributed by atoms with E-state index in [-0.39, 0.29) is 5.56 Å². The normalized spacial score (nSPS) is 10.4. The van der Waals surface area contributed by atoms with E-state index in [1.165, 1.54) is 18.5 Å². The number of rotatable bonds is 4. The first kappa shape index (κ1) is 13.9. The zero-order chi connectivity index (χ0) is 15.4. The summed E-state index contributed by atoms with van der Waals surface area (Å²) in [5.41, 5.74) is 1.56. The molecule has 6 heteroatoms. The van der Waals surface area contributed by atoms with Crippen LogP contribution in [0.3, 0.4) is 0 Å². The molecule has 0 bridgehead atoms. The van der Waals surface area contributed by atoms with Crippen LogP contribution in [0.25, 0.3) is 0 Å². The van der Waals surface area contributed by atoms with E-state index in [2.05, 4.69) is 15.4 Å². The standard InChI is InChI=1S/C16H13FN4O/c17-15-9-18-7-6-14(15)16(22)20-13-8-19-21(11-13)10-12-4-2-1-3-5-12/h1-9,11H,10H2,(H,20,22). The van der Waals surface area contributed by atoms with Gasteiger partial charge in [-0.15, -0.1) is 0 Å². The summed E-state index contributed by atoms with van der Waals surface area (Å²) in [6.45, 7) is 0.598. The Kier molecular flexibility index (Phi) is 3.91. The Balaban J connectivity index is 1.69. The molecule has 3 aromatic rings. The summed E-state index contributed by atoms with van der Waals surface area (Å²) in [6, 6.07) is 11.2. The van der Waals surface area contributed by atoms with Crippen molar-refractivity contribution in [2.45, 2.75) is 6.54 Å². The monoisotopic (exact) mass is 296 g/mol. The molecule has 0 atom stereocenters. The van der Waals surface area contributed by atoms with Crippen LogP contribution in [0.5, 0.6) is 0 Å². The van der Waals surface area contributed by atoms with Gasteiger partial charge in [0.2, 0.25) is 0 Å². The van der Waals surface area contributed by atoms with Gasteiger partial charge >= 0.3 is 0 Å². The summed E-state index contributed by atoms with van der Waals surface area (Å²) in [5, 5.41) is 6.79. The van der Waals surface area contributed by atoms with E-state index in [9.17, 15) is 9.18 Å². The Morgan fingerprint density at radius 1 is 1.18 bits per heavy atom. The van der Waals surface area contributed by atoms with E-state index in [0.717, 1.165) is 11.8 Å². The minimum absolute atomic E-state index is 0.0502. The molecule has 1 amide bonds. The third kappa shape index (κ3) is 3.17. The van der Waals surface area contributed by atoms with Gasteiger partial charge in [-0.25, -0.2) is 4.39 Å². The summed E-state index contributed by atoms with van der Waals surface area (Å²) >= 11 is 0. The number of hydrogen-bond donors (Lipinski definition) is 1. The number of pyridine rings is 1. The molecular weight excluding hydrogens is 283 g/mol. The fourth-order valence-corrected chi connectivity index (χ4v) is 2.04. The molecule has 0 aliphatic carbocycles. The van der Waals surface area contributed by atoms with Crippen LogP contribution in [0.2, 0.25) is 0 Å². The molecule has 22 heavy (non-hydrogen) atoms. The first-order chi connectivity index (χ1) is 10.7. The van der Waals surface area contributed by atoms with Gasteiger partial charge in [0.05, 0.1) is 30.2 Å². The van der Waals surface area contributed by atoms with E-state index in [1.807, 2.05) is 30.3 Å². The number of aromatic nitrogens is 3. The Hall–Kier alpha value is -3.02. The second kappa shape index (κ2) is 6.17. The Labute approximate surface area is 126 Å². The lowest BCUT2D eigenvalue weighted by molar-refractivity contribution is 0.102. The number of carbonyl (C=O) groups is 1. The van der Waals surface area contributed by atoms with Crippen LogP contribution in [0, 0.1) is 5.82 Å². The van der Waals surface area contributed by atoms with Crippen molar-refractivity contribution in [2.24, 2.45) is 0 Å². The first-order valence-electron chi connectivity index (χ1n) is 6.69. The van der Waals surface area contributed by atoms with Gasteiger partial charge in [0.15, 0.2) is 5.82 Å². The molecule has 0 aliphatic rings. The molecule has 0 aliphatic heterocycles. The lowest BCUT2D eigenvalue weighted by Crippen LogP contribution is -2.13. The molecule has 0 spiro atoms. The van der Waals surface area contributed by atoms with Crippen LogP contribution in [0.1, 0.15) is 15.9 Å². The minimum atomic E-state index is -0.656. The highest BCUT2D eigenvalue weighted by Gasteiger charge is 2.12. The van der Waals surface area contributed by atoms with Crippen LogP contribution < -0.4 is 5.32 Å². The molecule has 0 saturated heterocycles. The molecule has 0 fully saturated rings. The van der Waals surface area contributed by atoms with Crippen LogP contribution in [0.4, 0.5) is 10.1 Å². The van der Waals surface area contributed by atoms with E-state index in [1.54, 1.807) is 10.9 Å². The van der Waals surface area contributed by atoms with Crippen LogP contribution >= 0.6 is 0 Å². The van der Waals surface area contributed by atoms with Gasteiger partial charge in [-0.05, 0) is 11.6 Å². The van der Waals surface area contributed by atoms with Crippen molar-refractivity contribution in [1.29, 1.82) is 0 Å². The quantitative estimate of drug-likeness (QED) is 0.805. The highest BCUT2D eigenvalue weighted by atomic mass is 19.1. The van der Waals surface area contributed by atoms with Crippen LogP contribution in [-0.4, -0.2) is 20.7 Å². The molecule has 2 aromatic heterocycles. The maximum Gasteiger partial charge on any atom is 0.258 e. The number of carbonyl (C=O) groups excluding carboxylic acids is 1. The molecular formula is C16H13FN4O. The molecule has 2 heterocycles. The Bertz CT molecular complexity index is 786. The maximum absolute atomic E-state index is 13.5. The number of hydrogen-bond acceptors (Lipinski definition) is 3. The van der Waals surface area contributed by atoms with Crippen molar-refractivity contribution >= 4 is 11.6 Å². The highest BCUT2D eigenvalue weighted by Crippen LogP contribution is 2.11. The summed E-state index contributed by atoms with van der Waals surface area (Å²) in [5.74, 6) is -1.18. The van der Waals surface area contributed by atoms with Crippen molar-refractivity contribution in [3.05, 3.63) is 78.1 Å². The van der Waals surface area contributed by atoms with Gasteiger partial charge < -0.3 is 5.32 Å². The average molecular weight is 296 g/mol. The predicted octanol–water partition coefficient (Wildman–Crippen LogP) is 2.72. The number of halogens is 1. The number of amides is 1. The number of anilines is 1. The molecule has 1 aromatic carbocycles. The molecule has 0 saturated carbocycles. The van der Waals surface area contributed by atoms with Gasteiger partial charge in [-0.2, -0.15) is 5.10 Å². The van der Waals surface area contributed by atoms with Gasteiger partial charge in [0, 0.05) is 12.4 Å². The molecule has 3 rings (SSSR count). The van der Waals surface area contributed by atoms with Gasteiger partial charge in [0.25, 0.3) is 5.91 Å². The molecule has 0 unspecified atom stereocenters. The number of nitrogens with one attached hydrogen (secondary N) is 1. The van der Waals surface area contributed by atoms with Gasteiger partial charge in [-0.1, -0.05) is 30.3 Å². The second-order valence-corrected chi connectivity index (χ2v) is 4.72. The van der Waals surface area contributed by atoms with E-state index in [4.69, 9.17) is 0 Å². The second-order valence-electron chi connectivity index (χ2n) is 4.72. The summed E-state index contributed by atoms with van der Waals surface area (Å²) in [4.78, 5) is 15.6. The summed E-state index contributed by atoms with van der Waals surface area (Å²) < 4.78 is 15.2. The van der Waals surface area contributed by atoms with E-state index < -0.39 is 11.7 Å². The third-order valence-corrected chi connectivity index (χ3v) is 3.10. The molecule has 1 N–H and O–H groups in total. The highest BCUT2D eigenvalue weighted by molar-refractivity contribution is 6.04. The molecule has 110 valence electrons. The lowest BCUT2D eigenvalue weighted by Gasteiger charge is -2.03.